The topological polar surface area (TPSA) is 84.6 Å². The molecule has 0 spiro atoms. The van der Waals surface area contributed by atoms with E-state index < -0.39 is 5.60 Å². The monoisotopic (exact) mass is 287 g/mol. The summed E-state index contributed by atoms with van der Waals surface area (Å²) in [4.78, 5) is 15.2. The minimum Gasteiger partial charge on any atom is -0.444 e. The van der Waals surface area contributed by atoms with Crippen LogP contribution in [0.5, 0.6) is 0 Å². The SMILES string of the molecule is CN(CCN(C)c1nnc(N)s1)C(=O)OC(C)(C)C. The van der Waals surface area contributed by atoms with Crippen molar-refractivity contribution in [2.24, 2.45) is 0 Å². The summed E-state index contributed by atoms with van der Waals surface area (Å²) in [6.45, 7) is 6.69. The van der Waals surface area contributed by atoms with Gasteiger partial charge in [-0.15, -0.1) is 10.2 Å². The van der Waals surface area contributed by atoms with Crippen molar-refractivity contribution in [3.05, 3.63) is 0 Å². The van der Waals surface area contributed by atoms with E-state index in [1.165, 1.54) is 16.2 Å². The molecule has 1 aromatic rings. The van der Waals surface area contributed by atoms with Crippen molar-refractivity contribution in [2.75, 3.05) is 37.8 Å². The highest BCUT2D eigenvalue weighted by atomic mass is 32.1. The molecule has 0 unspecified atom stereocenters. The molecular weight excluding hydrogens is 266 g/mol. The molecule has 0 saturated carbocycles. The van der Waals surface area contributed by atoms with E-state index in [0.717, 1.165) is 5.13 Å². The molecule has 1 aromatic heterocycles. The van der Waals surface area contributed by atoms with Crippen molar-refractivity contribution < 1.29 is 9.53 Å². The van der Waals surface area contributed by atoms with Crippen LogP contribution in [0.15, 0.2) is 0 Å². The average Bonchev–Trinajstić information content (AvgIpc) is 2.69. The average molecular weight is 287 g/mol. The molecule has 0 bridgehead atoms. The van der Waals surface area contributed by atoms with Gasteiger partial charge in [-0.3, -0.25) is 0 Å². The summed E-state index contributed by atoms with van der Waals surface area (Å²) in [6, 6.07) is 0. The Bertz CT molecular complexity index is 429. The number of rotatable bonds is 4. The molecule has 19 heavy (non-hydrogen) atoms. The van der Waals surface area contributed by atoms with Crippen molar-refractivity contribution >= 4 is 27.7 Å². The number of ether oxygens (including phenoxy) is 1. The number of anilines is 2. The quantitative estimate of drug-likeness (QED) is 0.901. The Labute approximate surface area is 117 Å². The largest absolute Gasteiger partial charge is 0.444 e. The highest BCUT2D eigenvalue weighted by Crippen LogP contribution is 2.19. The lowest BCUT2D eigenvalue weighted by Gasteiger charge is -2.26. The van der Waals surface area contributed by atoms with Gasteiger partial charge in [0, 0.05) is 27.2 Å². The molecule has 0 fully saturated rings. The number of carbonyl (C=O) groups excluding carboxylic acids is 1. The predicted molar refractivity (Wildman–Crippen MR) is 76.5 cm³/mol. The number of nitrogens with zero attached hydrogens (tertiary/aromatic N) is 4. The van der Waals surface area contributed by atoms with E-state index in [2.05, 4.69) is 10.2 Å². The maximum atomic E-state index is 11.8. The van der Waals surface area contributed by atoms with Gasteiger partial charge in [0.05, 0.1) is 0 Å². The van der Waals surface area contributed by atoms with Gasteiger partial charge in [0.2, 0.25) is 10.3 Å². The fraction of sp³-hybridized carbons (Fsp3) is 0.727. The molecule has 2 N–H and O–H groups in total. The molecule has 8 heteroatoms. The molecule has 1 rings (SSSR count). The lowest BCUT2D eigenvalue weighted by Crippen LogP contribution is -2.38. The van der Waals surface area contributed by atoms with E-state index in [-0.39, 0.29) is 6.09 Å². The van der Waals surface area contributed by atoms with E-state index in [4.69, 9.17) is 10.5 Å². The fourth-order valence-corrected chi connectivity index (χ4v) is 1.80. The second-order valence-corrected chi connectivity index (χ2v) is 6.23. The number of nitrogen functional groups attached to an aromatic ring is 1. The van der Waals surface area contributed by atoms with Crippen LogP contribution < -0.4 is 10.6 Å². The second kappa shape index (κ2) is 6.05. The molecular formula is C11H21N5O2S. The molecule has 0 aliphatic carbocycles. The number of nitrogens with two attached hydrogens (primary N) is 1. The number of amides is 1. The standard InChI is InChI=1S/C11H21N5O2S/c1-11(2,3)18-10(17)16(5)7-6-15(4)9-14-13-8(12)19-9/h6-7H2,1-5H3,(H2,12,13). The van der Waals surface area contributed by atoms with Crippen LogP contribution in [0.25, 0.3) is 0 Å². The first-order valence-electron chi connectivity index (χ1n) is 5.93. The van der Waals surface area contributed by atoms with Gasteiger partial charge in [-0.1, -0.05) is 11.3 Å². The lowest BCUT2D eigenvalue weighted by molar-refractivity contribution is 0.0303. The van der Waals surface area contributed by atoms with Gasteiger partial charge in [0.1, 0.15) is 5.60 Å². The molecule has 0 aliphatic heterocycles. The number of hydrogen-bond acceptors (Lipinski definition) is 7. The smallest absolute Gasteiger partial charge is 0.410 e. The third kappa shape index (κ3) is 5.29. The third-order valence-corrected chi connectivity index (χ3v) is 3.10. The molecule has 108 valence electrons. The van der Waals surface area contributed by atoms with Crippen molar-refractivity contribution in [1.82, 2.24) is 15.1 Å². The van der Waals surface area contributed by atoms with Crippen LogP contribution in [0.1, 0.15) is 20.8 Å². The Morgan fingerprint density at radius 2 is 1.95 bits per heavy atom. The molecule has 0 aliphatic rings. The molecule has 7 nitrogen and oxygen atoms in total. The zero-order valence-electron chi connectivity index (χ0n) is 12.0. The minimum absolute atomic E-state index is 0.335. The first kappa shape index (κ1) is 15.5. The van der Waals surface area contributed by atoms with Crippen LogP contribution in [-0.2, 0) is 4.74 Å². The van der Waals surface area contributed by atoms with Gasteiger partial charge in [0.25, 0.3) is 0 Å². The Hall–Kier alpha value is -1.57. The summed E-state index contributed by atoms with van der Waals surface area (Å²) in [6.07, 6.45) is -0.335. The Morgan fingerprint density at radius 1 is 1.32 bits per heavy atom. The van der Waals surface area contributed by atoms with Gasteiger partial charge in [-0.25, -0.2) is 4.79 Å². The Kier molecular flexibility index (Phi) is 4.93. The highest BCUT2D eigenvalue weighted by Gasteiger charge is 2.19. The number of aromatic nitrogens is 2. The Morgan fingerprint density at radius 3 is 2.42 bits per heavy atom. The fourth-order valence-electron chi connectivity index (χ4n) is 1.21. The number of carbonyl (C=O) groups is 1. The van der Waals surface area contributed by atoms with Gasteiger partial charge in [-0.05, 0) is 20.8 Å². The van der Waals surface area contributed by atoms with Crippen LogP contribution in [0.4, 0.5) is 15.1 Å². The zero-order chi connectivity index (χ0) is 14.6. The van der Waals surface area contributed by atoms with E-state index in [1.807, 2.05) is 32.7 Å². The van der Waals surface area contributed by atoms with E-state index in [1.54, 1.807) is 7.05 Å². The molecule has 1 heterocycles. The van der Waals surface area contributed by atoms with E-state index >= 15 is 0 Å². The van der Waals surface area contributed by atoms with Crippen LogP contribution in [0.3, 0.4) is 0 Å². The molecule has 0 atom stereocenters. The molecule has 1 amide bonds. The van der Waals surface area contributed by atoms with Gasteiger partial charge < -0.3 is 20.3 Å². The van der Waals surface area contributed by atoms with Gasteiger partial charge in [0.15, 0.2) is 0 Å². The predicted octanol–water partition coefficient (Wildman–Crippen LogP) is 1.42. The second-order valence-electron chi connectivity index (χ2n) is 5.25. The normalized spacial score (nSPS) is 11.2. The highest BCUT2D eigenvalue weighted by molar-refractivity contribution is 7.18. The van der Waals surface area contributed by atoms with E-state index in [9.17, 15) is 4.79 Å². The summed E-state index contributed by atoms with van der Waals surface area (Å²) in [7, 11) is 3.58. The maximum Gasteiger partial charge on any atom is 0.410 e. The van der Waals surface area contributed by atoms with Crippen molar-refractivity contribution in [3.63, 3.8) is 0 Å². The zero-order valence-corrected chi connectivity index (χ0v) is 12.8. The summed E-state index contributed by atoms with van der Waals surface area (Å²) in [5.41, 5.74) is 5.04. The molecule has 0 radical (unpaired) electrons. The summed E-state index contributed by atoms with van der Waals surface area (Å²) < 4.78 is 5.26. The number of hydrogen-bond donors (Lipinski definition) is 1. The Balaban J connectivity index is 2.41. The van der Waals surface area contributed by atoms with Crippen LogP contribution in [0, 0.1) is 0 Å². The summed E-state index contributed by atoms with van der Waals surface area (Å²) >= 11 is 1.31. The maximum absolute atomic E-state index is 11.8. The first-order chi connectivity index (χ1) is 8.69. The van der Waals surface area contributed by atoms with Crippen LogP contribution in [-0.4, -0.2) is 54.0 Å². The van der Waals surface area contributed by atoms with Crippen molar-refractivity contribution in [1.29, 1.82) is 0 Å². The van der Waals surface area contributed by atoms with Crippen molar-refractivity contribution in [2.45, 2.75) is 26.4 Å². The van der Waals surface area contributed by atoms with Gasteiger partial charge in [-0.2, -0.15) is 0 Å². The van der Waals surface area contributed by atoms with Crippen molar-refractivity contribution in [3.8, 4) is 0 Å². The van der Waals surface area contributed by atoms with Crippen LogP contribution in [0.2, 0.25) is 0 Å². The summed E-state index contributed by atoms with van der Waals surface area (Å²) in [5.74, 6) is 0. The third-order valence-electron chi connectivity index (χ3n) is 2.23. The minimum atomic E-state index is -0.481. The molecule has 0 saturated heterocycles. The van der Waals surface area contributed by atoms with Crippen LogP contribution >= 0.6 is 11.3 Å². The summed E-state index contributed by atoms with van der Waals surface area (Å²) in [5, 5.41) is 8.84. The molecule has 0 aromatic carbocycles. The number of likely N-dealkylation sites (N-methyl/N-ethyl adjacent to an activating group) is 2. The lowest BCUT2D eigenvalue weighted by atomic mass is 10.2. The van der Waals surface area contributed by atoms with E-state index in [0.29, 0.717) is 18.2 Å². The van der Waals surface area contributed by atoms with Gasteiger partial charge >= 0.3 is 6.09 Å². The first-order valence-corrected chi connectivity index (χ1v) is 6.75.